The van der Waals surface area contributed by atoms with Crippen LogP contribution in [0.3, 0.4) is 0 Å². The molecule has 12 heteroatoms. The predicted octanol–water partition coefficient (Wildman–Crippen LogP) is 5.60. The van der Waals surface area contributed by atoms with E-state index in [0.29, 0.717) is 24.5 Å². The normalized spacial score (nSPS) is 21.5. The minimum atomic E-state index is -0.425. The molecule has 4 aromatic rings. The zero-order chi connectivity index (χ0) is 32.6. The molecule has 0 spiro atoms. The van der Waals surface area contributed by atoms with Crippen LogP contribution in [0, 0.1) is 0 Å². The quantitative estimate of drug-likeness (QED) is 0.251. The van der Waals surface area contributed by atoms with Crippen molar-refractivity contribution >= 4 is 23.5 Å². The van der Waals surface area contributed by atoms with Crippen LogP contribution in [-0.4, -0.2) is 55.1 Å². The Labute approximate surface area is 268 Å². The topological polar surface area (TPSA) is 136 Å². The highest BCUT2D eigenvalue weighted by atomic mass is 16.5. The molecule has 1 unspecified atom stereocenters. The van der Waals surface area contributed by atoms with Crippen LogP contribution >= 0.6 is 0 Å². The van der Waals surface area contributed by atoms with Gasteiger partial charge in [-0.15, -0.1) is 10.2 Å². The number of pyridine rings is 1. The summed E-state index contributed by atoms with van der Waals surface area (Å²) < 4.78 is 13.8. The van der Waals surface area contributed by atoms with Crippen LogP contribution in [0.5, 0.6) is 5.75 Å². The first-order valence-corrected chi connectivity index (χ1v) is 15.8. The molecule has 4 heterocycles. The fraction of sp³-hybridized carbons (Fsp3) is 0.471. The summed E-state index contributed by atoms with van der Waals surface area (Å²) in [7, 11) is 2.14. The van der Waals surface area contributed by atoms with E-state index < -0.39 is 5.97 Å². The van der Waals surface area contributed by atoms with Gasteiger partial charge >= 0.3 is 12.0 Å². The number of fused-ring (bicyclic) bond motifs is 2. The molecule has 242 valence electrons. The molecule has 0 saturated carbocycles. The number of ether oxygens (including phenoxy) is 2. The molecule has 1 aliphatic heterocycles. The van der Waals surface area contributed by atoms with Gasteiger partial charge in [-0.3, -0.25) is 19.4 Å². The van der Waals surface area contributed by atoms with Crippen LogP contribution in [-0.2, 0) is 27.1 Å². The molecule has 46 heavy (non-hydrogen) atoms. The van der Waals surface area contributed by atoms with E-state index in [-0.39, 0.29) is 35.7 Å². The largest absolute Gasteiger partial charge is 0.484 e. The maximum Gasteiger partial charge on any atom is 0.320 e. The SMILES string of the molecule is CC(=O)OCc1nc(NC(=O)N[C@H]2CC[C@@H](Oc3ccc4nnc(C5(C)CCCN5C)n4c3)c3ccccc32)cc(C(C)(C)C)n1. The molecular weight excluding hydrogens is 584 g/mol. The first-order chi connectivity index (χ1) is 21.9. The summed E-state index contributed by atoms with van der Waals surface area (Å²) in [6.45, 7) is 10.6. The standard InChI is InChI=1S/C34H42N8O4/c1-21(43)45-20-29-36-27(33(2,3)4)18-28(37-29)38-32(44)35-25-13-14-26(24-11-8-7-10-23(24)25)46-22-12-15-30-39-40-31(42(30)19-22)34(5)16-9-17-41(34)6/h7-8,10-12,15,18-19,25-26H,9,13-14,16-17,20H2,1-6H3,(H2,35,36,37,38,44)/t25-,26+,34?/m0/s1. The molecule has 3 atom stereocenters. The van der Waals surface area contributed by atoms with Crippen molar-refractivity contribution in [1.82, 2.24) is 34.8 Å². The third kappa shape index (κ3) is 6.39. The lowest BCUT2D eigenvalue weighted by molar-refractivity contribution is -0.142. The van der Waals surface area contributed by atoms with E-state index in [1.54, 1.807) is 6.07 Å². The van der Waals surface area contributed by atoms with E-state index in [0.717, 1.165) is 53.4 Å². The number of amides is 2. The van der Waals surface area contributed by atoms with E-state index in [2.05, 4.69) is 60.1 Å². The Morgan fingerprint density at radius 3 is 2.57 bits per heavy atom. The number of anilines is 1. The molecule has 1 fully saturated rings. The van der Waals surface area contributed by atoms with E-state index in [4.69, 9.17) is 9.47 Å². The van der Waals surface area contributed by atoms with Crippen molar-refractivity contribution < 1.29 is 19.1 Å². The number of aromatic nitrogens is 5. The van der Waals surface area contributed by atoms with Crippen LogP contribution in [0.15, 0.2) is 48.7 Å². The van der Waals surface area contributed by atoms with E-state index in [9.17, 15) is 9.59 Å². The Morgan fingerprint density at radius 2 is 1.85 bits per heavy atom. The van der Waals surface area contributed by atoms with Gasteiger partial charge in [0, 0.05) is 18.4 Å². The smallest absolute Gasteiger partial charge is 0.320 e. The van der Waals surface area contributed by atoms with Crippen LogP contribution in [0.25, 0.3) is 5.65 Å². The molecule has 1 saturated heterocycles. The number of esters is 1. The number of nitrogens with one attached hydrogen (secondary N) is 2. The van der Waals surface area contributed by atoms with Crippen molar-refractivity contribution in [2.24, 2.45) is 0 Å². The molecule has 6 rings (SSSR count). The van der Waals surface area contributed by atoms with Gasteiger partial charge in [-0.1, -0.05) is 45.0 Å². The van der Waals surface area contributed by atoms with Gasteiger partial charge in [0.2, 0.25) is 0 Å². The van der Waals surface area contributed by atoms with Gasteiger partial charge in [0.25, 0.3) is 0 Å². The van der Waals surface area contributed by atoms with Crippen molar-refractivity contribution in [2.75, 3.05) is 18.9 Å². The van der Waals surface area contributed by atoms with Crippen LogP contribution < -0.4 is 15.4 Å². The second-order valence-electron chi connectivity index (χ2n) is 13.5. The maximum absolute atomic E-state index is 13.3. The molecule has 3 aromatic heterocycles. The number of carbonyl (C=O) groups excluding carboxylic acids is 2. The Bertz CT molecular complexity index is 1770. The van der Waals surface area contributed by atoms with Gasteiger partial charge in [-0.25, -0.2) is 14.8 Å². The number of nitrogens with zero attached hydrogens (tertiary/aromatic N) is 6. The van der Waals surface area contributed by atoms with Gasteiger partial charge in [-0.05, 0) is 69.5 Å². The summed E-state index contributed by atoms with van der Waals surface area (Å²) >= 11 is 0. The van der Waals surface area contributed by atoms with Gasteiger partial charge in [0.05, 0.1) is 23.5 Å². The Hall–Kier alpha value is -4.58. The highest BCUT2D eigenvalue weighted by molar-refractivity contribution is 5.88. The number of carbonyl (C=O) groups is 2. The van der Waals surface area contributed by atoms with Gasteiger partial charge < -0.3 is 14.8 Å². The first-order valence-electron chi connectivity index (χ1n) is 15.8. The van der Waals surface area contributed by atoms with Gasteiger partial charge in [0.1, 0.15) is 17.7 Å². The highest BCUT2D eigenvalue weighted by Crippen LogP contribution is 2.40. The maximum atomic E-state index is 13.3. The Balaban J connectivity index is 1.18. The molecule has 1 aromatic carbocycles. The lowest BCUT2D eigenvalue weighted by Gasteiger charge is -2.32. The number of hydrogen-bond acceptors (Lipinski definition) is 9. The molecule has 1 aliphatic carbocycles. The minimum Gasteiger partial charge on any atom is -0.484 e. The summed E-state index contributed by atoms with van der Waals surface area (Å²) in [5, 5.41) is 15.0. The van der Waals surface area contributed by atoms with Crippen molar-refractivity contribution in [1.29, 1.82) is 0 Å². The highest BCUT2D eigenvalue weighted by Gasteiger charge is 2.40. The second-order valence-corrected chi connectivity index (χ2v) is 13.5. The fourth-order valence-electron chi connectivity index (χ4n) is 6.36. The van der Waals surface area contributed by atoms with Gasteiger partial charge in [0.15, 0.2) is 23.9 Å². The lowest BCUT2D eigenvalue weighted by atomic mass is 9.85. The summed E-state index contributed by atoms with van der Waals surface area (Å²) in [6, 6.07) is 13.1. The van der Waals surface area contributed by atoms with Crippen molar-refractivity contribution in [3.05, 3.63) is 77.1 Å². The molecular formula is C34H42N8O4. The summed E-state index contributed by atoms with van der Waals surface area (Å²) in [6.07, 6.45) is 5.36. The average molecular weight is 627 g/mol. The Kier molecular flexibility index (Phi) is 8.41. The predicted molar refractivity (Wildman–Crippen MR) is 172 cm³/mol. The first kappa shape index (κ1) is 31.4. The van der Waals surface area contributed by atoms with Crippen molar-refractivity contribution in [2.45, 2.75) is 90.0 Å². The number of benzene rings is 1. The van der Waals surface area contributed by atoms with Gasteiger partial charge in [-0.2, -0.15) is 0 Å². The van der Waals surface area contributed by atoms with Crippen LogP contribution in [0.4, 0.5) is 10.6 Å². The summed E-state index contributed by atoms with van der Waals surface area (Å²) in [5.41, 5.74) is 3.08. The second kappa shape index (κ2) is 12.3. The number of likely N-dealkylation sites (tertiary alicyclic amines) is 1. The Morgan fingerprint density at radius 1 is 1.07 bits per heavy atom. The van der Waals surface area contributed by atoms with E-state index >= 15 is 0 Å². The lowest BCUT2D eigenvalue weighted by Crippen LogP contribution is -2.37. The van der Waals surface area contributed by atoms with E-state index in [1.807, 2.05) is 57.3 Å². The zero-order valence-electron chi connectivity index (χ0n) is 27.3. The average Bonchev–Trinajstić information content (AvgIpc) is 3.59. The number of hydrogen-bond donors (Lipinski definition) is 2. The third-order valence-electron chi connectivity index (χ3n) is 9.06. The van der Waals surface area contributed by atoms with E-state index in [1.165, 1.54) is 6.92 Å². The van der Waals surface area contributed by atoms with Crippen LogP contribution in [0.2, 0.25) is 0 Å². The minimum absolute atomic E-state index is 0.0745. The summed E-state index contributed by atoms with van der Waals surface area (Å²) in [4.78, 5) is 35.9. The monoisotopic (exact) mass is 626 g/mol. The number of urea groups is 1. The number of rotatable bonds is 7. The van der Waals surface area contributed by atoms with Crippen molar-refractivity contribution in [3.8, 4) is 5.75 Å². The summed E-state index contributed by atoms with van der Waals surface area (Å²) in [5.74, 6) is 1.90. The van der Waals surface area contributed by atoms with Crippen molar-refractivity contribution in [3.63, 3.8) is 0 Å². The zero-order valence-corrected chi connectivity index (χ0v) is 27.3. The fourth-order valence-corrected chi connectivity index (χ4v) is 6.36. The third-order valence-corrected chi connectivity index (χ3v) is 9.06. The molecule has 2 aliphatic rings. The van der Waals surface area contributed by atoms with Crippen LogP contribution in [0.1, 0.15) is 101 Å². The molecule has 2 amide bonds. The molecule has 2 N–H and O–H groups in total. The molecule has 0 bridgehead atoms. The molecule has 12 nitrogen and oxygen atoms in total. The molecule has 0 radical (unpaired) electrons.